The average molecular weight is 416 g/mol. The van der Waals surface area contributed by atoms with E-state index in [4.69, 9.17) is 0 Å². The van der Waals surface area contributed by atoms with Crippen LogP contribution in [0.4, 0.5) is 5.82 Å². The van der Waals surface area contributed by atoms with Gasteiger partial charge in [0.1, 0.15) is 5.82 Å². The maximum absolute atomic E-state index is 10.8. The van der Waals surface area contributed by atoms with E-state index in [1.807, 2.05) is 30.1 Å². The summed E-state index contributed by atoms with van der Waals surface area (Å²) in [7, 11) is 0. The van der Waals surface area contributed by atoms with Crippen LogP contribution >= 0.6 is 0 Å². The van der Waals surface area contributed by atoms with E-state index in [9.17, 15) is 10.4 Å². The lowest BCUT2D eigenvalue weighted by atomic mass is 9.65. The summed E-state index contributed by atoms with van der Waals surface area (Å²) in [5.41, 5.74) is 2.05. The molecule has 0 radical (unpaired) electrons. The summed E-state index contributed by atoms with van der Waals surface area (Å²) in [6, 6.07) is 12.9. The molecule has 2 fully saturated rings. The Hall–Kier alpha value is -2.91. The van der Waals surface area contributed by atoms with Crippen molar-refractivity contribution < 1.29 is 5.11 Å². The predicted octanol–water partition coefficient (Wildman–Crippen LogP) is 4.21. The van der Waals surface area contributed by atoms with Gasteiger partial charge in [-0.2, -0.15) is 10.4 Å². The van der Waals surface area contributed by atoms with Crippen molar-refractivity contribution in [2.24, 2.45) is 11.8 Å². The number of pyridine rings is 1. The van der Waals surface area contributed by atoms with Crippen molar-refractivity contribution in [3.63, 3.8) is 0 Å². The van der Waals surface area contributed by atoms with Gasteiger partial charge in [-0.15, -0.1) is 0 Å². The molecule has 0 bridgehead atoms. The Balaban J connectivity index is 1.51. The van der Waals surface area contributed by atoms with Crippen LogP contribution in [0.25, 0.3) is 16.6 Å². The first-order chi connectivity index (χ1) is 14.8. The molecule has 6 nitrogen and oxygen atoms in total. The second-order valence-electron chi connectivity index (χ2n) is 9.68. The van der Waals surface area contributed by atoms with Gasteiger partial charge in [-0.3, -0.25) is 0 Å². The number of nitrogens with zero attached hydrogens (tertiary/aromatic N) is 5. The Kier molecular flexibility index (Phi) is 4.56. The van der Waals surface area contributed by atoms with E-state index >= 15 is 0 Å². The van der Waals surface area contributed by atoms with Crippen LogP contribution in [0.1, 0.15) is 45.6 Å². The van der Waals surface area contributed by atoms with Crippen molar-refractivity contribution in [2.45, 2.75) is 51.0 Å². The van der Waals surface area contributed by atoms with Crippen LogP contribution in [-0.2, 0) is 5.41 Å². The van der Waals surface area contributed by atoms with E-state index in [1.54, 1.807) is 0 Å². The van der Waals surface area contributed by atoms with Gasteiger partial charge in [-0.05, 0) is 43.9 Å². The second kappa shape index (κ2) is 7.06. The molecule has 1 saturated heterocycles. The molecule has 31 heavy (non-hydrogen) atoms. The molecule has 1 saturated carbocycles. The van der Waals surface area contributed by atoms with Crippen molar-refractivity contribution in [3.8, 4) is 11.8 Å². The molecule has 5 rings (SSSR count). The molecule has 160 valence electrons. The molecule has 1 aliphatic heterocycles. The smallest absolute Gasteiger partial charge is 0.130 e. The number of aliphatic hydroxyl groups is 1. The molecule has 3 aromatic rings. The number of benzene rings is 1. The first kappa shape index (κ1) is 20.0. The number of hydrogen-bond acceptors (Lipinski definition) is 5. The van der Waals surface area contributed by atoms with E-state index in [0.29, 0.717) is 0 Å². The van der Waals surface area contributed by atoms with Gasteiger partial charge in [0, 0.05) is 42.6 Å². The Bertz CT molecular complexity index is 1160. The quantitative estimate of drug-likeness (QED) is 0.693. The number of piperidine rings is 1. The summed E-state index contributed by atoms with van der Waals surface area (Å²) in [5, 5.41) is 26.2. The fourth-order valence-electron chi connectivity index (χ4n) is 5.01. The highest BCUT2D eigenvalue weighted by atomic mass is 16.3. The standard InChI is InChI=1S/C25H29N5O/c1-17-14-29(15-18(2)24(17,3)31)23-12-21(7-10-27-23)30-22-11-20(6-5-19(22)13-28-30)25(16-26)8-4-9-25/h5-7,10-13,17-18,31H,4,8-9,14-15H2,1-3H3/t17-,18+,24?. The van der Waals surface area contributed by atoms with Crippen molar-refractivity contribution in [3.05, 3.63) is 48.3 Å². The number of rotatable bonds is 3. The number of nitriles is 1. The summed E-state index contributed by atoms with van der Waals surface area (Å²) < 4.78 is 1.95. The van der Waals surface area contributed by atoms with E-state index in [2.05, 4.69) is 59.2 Å². The molecule has 2 aliphatic rings. The highest BCUT2D eigenvalue weighted by Gasteiger charge is 2.41. The van der Waals surface area contributed by atoms with Crippen molar-refractivity contribution in [1.29, 1.82) is 5.26 Å². The Morgan fingerprint density at radius 3 is 2.52 bits per heavy atom. The zero-order valence-corrected chi connectivity index (χ0v) is 18.4. The largest absolute Gasteiger partial charge is 0.389 e. The van der Waals surface area contributed by atoms with Crippen LogP contribution in [0.2, 0.25) is 0 Å². The third-order valence-electron chi connectivity index (χ3n) is 7.83. The van der Waals surface area contributed by atoms with Gasteiger partial charge in [0.2, 0.25) is 0 Å². The summed E-state index contributed by atoms with van der Waals surface area (Å²) in [6.45, 7) is 7.67. The Morgan fingerprint density at radius 1 is 1.13 bits per heavy atom. The topological polar surface area (TPSA) is 78.0 Å². The lowest BCUT2D eigenvalue weighted by molar-refractivity contribution is -0.0504. The molecular formula is C25H29N5O. The number of aromatic nitrogens is 3. The van der Waals surface area contributed by atoms with Crippen LogP contribution < -0.4 is 4.90 Å². The third kappa shape index (κ3) is 3.11. The van der Waals surface area contributed by atoms with Gasteiger partial charge in [0.15, 0.2) is 0 Å². The van der Waals surface area contributed by atoms with Gasteiger partial charge in [-0.1, -0.05) is 26.0 Å². The zero-order chi connectivity index (χ0) is 21.8. The monoisotopic (exact) mass is 415 g/mol. The molecule has 6 heteroatoms. The molecular weight excluding hydrogens is 386 g/mol. The average Bonchev–Trinajstić information content (AvgIpc) is 3.15. The van der Waals surface area contributed by atoms with Gasteiger partial charge in [-0.25, -0.2) is 9.67 Å². The van der Waals surface area contributed by atoms with Crippen molar-refractivity contribution in [1.82, 2.24) is 14.8 Å². The van der Waals surface area contributed by atoms with E-state index < -0.39 is 5.60 Å². The van der Waals surface area contributed by atoms with Crippen LogP contribution in [0.15, 0.2) is 42.7 Å². The lowest BCUT2D eigenvalue weighted by Gasteiger charge is -2.46. The van der Waals surface area contributed by atoms with E-state index in [1.165, 1.54) is 0 Å². The molecule has 0 amide bonds. The molecule has 3 atom stereocenters. The fourth-order valence-corrected chi connectivity index (χ4v) is 5.01. The molecule has 1 aromatic carbocycles. The molecule has 0 spiro atoms. The number of hydrogen-bond donors (Lipinski definition) is 1. The van der Waals surface area contributed by atoms with Gasteiger partial charge in [0.25, 0.3) is 0 Å². The molecule has 3 heterocycles. The predicted molar refractivity (Wildman–Crippen MR) is 121 cm³/mol. The first-order valence-electron chi connectivity index (χ1n) is 11.2. The minimum Gasteiger partial charge on any atom is -0.389 e. The SMILES string of the molecule is C[C@@H]1CN(c2cc(-n3ncc4ccc(C5(C#N)CCC5)cc43)ccn2)C[C@H](C)C1(C)O. The van der Waals surface area contributed by atoms with Gasteiger partial charge in [0.05, 0.1) is 34.5 Å². The minimum atomic E-state index is -0.666. The van der Waals surface area contributed by atoms with Crippen molar-refractivity contribution >= 4 is 16.7 Å². The third-order valence-corrected chi connectivity index (χ3v) is 7.83. The second-order valence-corrected chi connectivity index (χ2v) is 9.68. The maximum atomic E-state index is 10.8. The summed E-state index contributed by atoms with van der Waals surface area (Å²) in [6.07, 6.45) is 6.67. The minimum absolute atomic E-state index is 0.152. The fraction of sp³-hybridized carbons (Fsp3) is 0.480. The molecule has 2 aromatic heterocycles. The first-order valence-corrected chi connectivity index (χ1v) is 11.2. The highest BCUT2D eigenvalue weighted by molar-refractivity contribution is 5.81. The molecule has 1 unspecified atom stereocenters. The maximum Gasteiger partial charge on any atom is 0.130 e. The van der Waals surface area contributed by atoms with Crippen molar-refractivity contribution in [2.75, 3.05) is 18.0 Å². The van der Waals surface area contributed by atoms with E-state index in [0.717, 1.165) is 60.3 Å². The normalized spacial score (nSPS) is 27.6. The van der Waals surface area contributed by atoms with Crippen LogP contribution in [0.5, 0.6) is 0 Å². The molecule has 1 N–H and O–H groups in total. The Labute approximate surface area is 183 Å². The van der Waals surface area contributed by atoms with Crippen LogP contribution in [0.3, 0.4) is 0 Å². The zero-order valence-electron chi connectivity index (χ0n) is 18.4. The highest BCUT2D eigenvalue weighted by Crippen LogP contribution is 2.44. The van der Waals surface area contributed by atoms with Gasteiger partial charge >= 0.3 is 0 Å². The summed E-state index contributed by atoms with van der Waals surface area (Å²) in [5.74, 6) is 1.21. The number of anilines is 1. The number of fused-ring (bicyclic) bond motifs is 1. The van der Waals surface area contributed by atoms with Crippen LogP contribution in [0, 0.1) is 23.2 Å². The lowest BCUT2D eigenvalue weighted by Crippen LogP contribution is -2.55. The Morgan fingerprint density at radius 2 is 1.87 bits per heavy atom. The van der Waals surface area contributed by atoms with E-state index in [-0.39, 0.29) is 17.3 Å². The van der Waals surface area contributed by atoms with Gasteiger partial charge < -0.3 is 10.0 Å². The summed E-state index contributed by atoms with van der Waals surface area (Å²) >= 11 is 0. The molecule has 1 aliphatic carbocycles. The summed E-state index contributed by atoms with van der Waals surface area (Å²) in [4.78, 5) is 6.88. The van der Waals surface area contributed by atoms with Crippen LogP contribution in [-0.4, -0.2) is 38.6 Å².